The molecule has 0 spiro atoms. The molecule has 6 nitrogen and oxygen atoms in total. The van der Waals surface area contributed by atoms with Crippen molar-refractivity contribution < 1.29 is 4.79 Å². The van der Waals surface area contributed by atoms with Crippen LogP contribution in [0.2, 0.25) is 0 Å². The number of nitrogens with zero attached hydrogens (tertiary/aromatic N) is 3. The molecule has 6 heteroatoms. The summed E-state index contributed by atoms with van der Waals surface area (Å²) in [6.45, 7) is 5.70. The van der Waals surface area contributed by atoms with Gasteiger partial charge in [-0.15, -0.1) is 0 Å². The Balaban J connectivity index is 2.00. The standard InChI is InChI=1S/C18H23N3O3/c1-12-8-13(2)10-20(9-12)16(22)11-21-15-7-5-4-6-14(15)17(23)19(3)18(21)24/h4-7,12-13H,8-11H2,1-3H3. The molecule has 24 heavy (non-hydrogen) atoms. The highest BCUT2D eigenvalue weighted by atomic mass is 16.2. The average Bonchev–Trinajstić information content (AvgIpc) is 2.55. The van der Waals surface area contributed by atoms with E-state index in [0.29, 0.717) is 22.7 Å². The van der Waals surface area contributed by atoms with Crippen molar-refractivity contribution in [1.29, 1.82) is 0 Å². The van der Waals surface area contributed by atoms with Gasteiger partial charge in [-0.05, 0) is 30.4 Å². The highest BCUT2D eigenvalue weighted by molar-refractivity contribution is 5.81. The molecule has 2 aromatic rings. The number of para-hydroxylation sites is 1. The first kappa shape index (κ1) is 16.5. The Morgan fingerprint density at radius 2 is 1.75 bits per heavy atom. The third-order valence-electron chi connectivity index (χ3n) is 4.76. The summed E-state index contributed by atoms with van der Waals surface area (Å²) in [6, 6.07) is 6.93. The van der Waals surface area contributed by atoms with E-state index in [2.05, 4.69) is 13.8 Å². The maximum atomic E-state index is 12.7. The third-order valence-corrected chi connectivity index (χ3v) is 4.76. The first-order valence-electron chi connectivity index (χ1n) is 8.34. The highest BCUT2D eigenvalue weighted by Gasteiger charge is 2.26. The van der Waals surface area contributed by atoms with Crippen LogP contribution in [0.15, 0.2) is 33.9 Å². The molecule has 0 saturated carbocycles. The van der Waals surface area contributed by atoms with Crippen molar-refractivity contribution in [2.24, 2.45) is 18.9 Å². The summed E-state index contributed by atoms with van der Waals surface area (Å²) >= 11 is 0. The number of piperidine rings is 1. The normalized spacial score (nSPS) is 21.2. The number of hydrogen-bond acceptors (Lipinski definition) is 3. The second-order valence-electron chi connectivity index (χ2n) is 6.99. The van der Waals surface area contributed by atoms with Crippen LogP contribution in [0.25, 0.3) is 10.9 Å². The lowest BCUT2D eigenvalue weighted by Gasteiger charge is -2.35. The zero-order valence-electron chi connectivity index (χ0n) is 14.4. The molecule has 2 atom stereocenters. The Morgan fingerprint density at radius 3 is 2.42 bits per heavy atom. The number of fused-ring (bicyclic) bond motifs is 1. The van der Waals surface area contributed by atoms with E-state index in [1.54, 1.807) is 24.3 Å². The number of rotatable bonds is 2. The molecule has 0 N–H and O–H groups in total. The van der Waals surface area contributed by atoms with Gasteiger partial charge in [-0.3, -0.25) is 18.7 Å². The zero-order chi connectivity index (χ0) is 17.4. The maximum absolute atomic E-state index is 12.7. The molecule has 1 aromatic carbocycles. The first-order valence-corrected chi connectivity index (χ1v) is 8.34. The van der Waals surface area contributed by atoms with Crippen LogP contribution in [0, 0.1) is 11.8 Å². The molecule has 0 radical (unpaired) electrons. The molecule has 0 aliphatic carbocycles. The van der Waals surface area contributed by atoms with E-state index in [-0.39, 0.29) is 18.0 Å². The van der Waals surface area contributed by atoms with Gasteiger partial charge in [0, 0.05) is 20.1 Å². The minimum atomic E-state index is -0.454. The van der Waals surface area contributed by atoms with Crippen LogP contribution in [0.3, 0.4) is 0 Å². The van der Waals surface area contributed by atoms with Gasteiger partial charge in [-0.2, -0.15) is 0 Å². The SMILES string of the molecule is CC1CC(C)CN(C(=O)Cn2c(=O)n(C)c(=O)c3ccccc32)C1. The molecular formula is C18H23N3O3. The van der Waals surface area contributed by atoms with Crippen LogP contribution in [0.5, 0.6) is 0 Å². The molecule has 1 aromatic heterocycles. The van der Waals surface area contributed by atoms with Gasteiger partial charge in [0.25, 0.3) is 5.56 Å². The van der Waals surface area contributed by atoms with Gasteiger partial charge in [0.15, 0.2) is 0 Å². The van der Waals surface area contributed by atoms with Crippen molar-refractivity contribution in [2.45, 2.75) is 26.8 Å². The van der Waals surface area contributed by atoms with Crippen LogP contribution in [-0.4, -0.2) is 33.0 Å². The Morgan fingerprint density at radius 1 is 1.12 bits per heavy atom. The van der Waals surface area contributed by atoms with Gasteiger partial charge >= 0.3 is 5.69 Å². The number of aromatic nitrogens is 2. The summed E-state index contributed by atoms with van der Waals surface area (Å²) in [5.41, 5.74) is -0.276. The van der Waals surface area contributed by atoms with Crippen molar-refractivity contribution in [1.82, 2.24) is 14.0 Å². The monoisotopic (exact) mass is 329 g/mol. The van der Waals surface area contributed by atoms with E-state index < -0.39 is 5.69 Å². The van der Waals surface area contributed by atoms with Gasteiger partial charge in [-0.25, -0.2) is 4.79 Å². The molecule has 1 saturated heterocycles. The fourth-order valence-corrected chi connectivity index (χ4v) is 3.70. The average molecular weight is 329 g/mol. The van der Waals surface area contributed by atoms with Crippen molar-refractivity contribution in [2.75, 3.05) is 13.1 Å². The van der Waals surface area contributed by atoms with Crippen molar-refractivity contribution in [3.63, 3.8) is 0 Å². The van der Waals surface area contributed by atoms with E-state index >= 15 is 0 Å². The number of amides is 1. The Bertz CT molecular complexity index is 886. The van der Waals surface area contributed by atoms with Gasteiger partial charge in [0.1, 0.15) is 6.54 Å². The van der Waals surface area contributed by atoms with E-state index in [9.17, 15) is 14.4 Å². The van der Waals surface area contributed by atoms with Gasteiger partial charge in [0.2, 0.25) is 5.91 Å². The van der Waals surface area contributed by atoms with Crippen LogP contribution in [0.4, 0.5) is 0 Å². The minimum absolute atomic E-state index is 0.0348. The van der Waals surface area contributed by atoms with Crippen molar-refractivity contribution in [3.05, 3.63) is 45.1 Å². The second-order valence-corrected chi connectivity index (χ2v) is 6.99. The molecule has 3 rings (SSSR count). The fourth-order valence-electron chi connectivity index (χ4n) is 3.70. The number of carbonyl (C=O) groups excluding carboxylic acids is 1. The summed E-state index contributed by atoms with van der Waals surface area (Å²) in [5.74, 6) is 0.858. The lowest BCUT2D eigenvalue weighted by Crippen LogP contribution is -2.46. The largest absolute Gasteiger partial charge is 0.341 e. The van der Waals surface area contributed by atoms with Crippen LogP contribution in [-0.2, 0) is 18.4 Å². The Hall–Kier alpha value is -2.37. The molecule has 2 heterocycles. The molecule has 128 valence electrons. The maximum Gasteiger partial charge on any atom is 0.331 e. The number of carbonyl (C=O) groups is 1. The van der Waals surface area contributed by atoms with Crippen LogP contribution in [0.1, 0.15) is 20.3 Å². The lowest BCUT2D eigenvalue weighted by molar-refractivity contribution is -0.134. The summed E-state index contributed by atoms with van der Waals surface area (Å²) in [5, 5.41) is 0.452. The Labute approximate surface area is 140 Å². The fraction of sp³-hybridized carbons (Fsp3) is 0.500. The third kappa shape index (κ3) is 2.88. The summed E-state index contributed by atoms with van der Waals surface area (Å²) < 4.78 is 2.47. The highest BCUT2D eigenvalue weighted by Crippen LogP contribution is 2.21. The lowest BCUT2D eigenvalue weighted by atomic mass is 9.92. The number of benzene rings is 1. The van der Waals surface area contributed by atoms with Gasteiger partial charge < -0.3 is 4.90 Å². The summed E-state index contributed by atoms with van der Waals surface area (Å²) in [6.07, 6.45) is 1.12. The molecule has 0 bridgehead atoms. The minimum Gasteiger partial charge on any atom is -0.341 e. The summed E-state index contributed by atoms with van der Waals surface area (Å²) in [7, 11) is 1.45. The molecule has 2 unspecified atom stereocenters. The van der Waals surface area contributed by atoms with Crippen LogP contribution < -0.4 is 11.2 Å². The predicted octanol–water partition coefficient (Wildman–Crippen LogP) is 1.20. The predicted molar refractivity (Wildman–Crippen MR) is 93.0 cm³/mol. The zero-order valence-corrected chi connectivity index (χ0v) is 14.4. The van der Waals surface area contributed by atoms with Crippen molar-refractivity contribution in [3.8, 4) is 0 Å². The molecule has 1 aliphatic heterocycles. The van der Waals surface area contributed by atoms with E-state index in [1.807, 2.05) is 4.90 Å². The smallest absolute Gasteiger partial charge is 0.331 e. The number of likely N-dealkylation sites (tertiary alicyclic amines) is 1. The quantitative estimate of drug-likeness (QED) is 0.832. The van der Waals surface area contributed by atoms with Gasteiger partial charge in [-0.1, -0.05) is 26.0 Å². The first-order chi connectivity index (χ1) is 11.4. The second kappa shape index (κ2) is 6.26. The van der Waals surface area contributed by atoms with E-state index in [4.69, 9.17) is 0 Å². The molecule has 1 fully saturated rings. The van der Waals surface area contributed by atoms with Crippen molar-refractivity contribution >= 4 is 16.8 Å². The van der Waals surface area contributed by atoms with E-state index in [0.717, 1.165) is 24.1 Å². The molecule has 1 aliphatic rings. The number of hydrogen-bond donors (Lipinski definition) is 0. The summed E-state index contributed by atoms with van der Waals surface area (Å²) in [4.78, 5) is 39.3. The molecular weight excluding hydrogens is 306 g/mol. The van der Waals surface area contributed by atoms with E-state index in [1.165, 1.54) is 11.6 Å². The van der Waals surface area contributed by atoms with Gasteiger partial charge in [0.05, 0.1) is 10.9 Å². The Kier molecular flexibility index (Phi) is 4.30. The topological polar surface area (TPSA) is 64.3 Å². The molecule has 1 amide bonds. The van der Waals surface area contributed by atoms with Crippen LogP contribution >= 0.6 is 0 Å².